The summed E-state index contributed by atoms with van der Waals surface area (Å²) >= 11 is 6.83. The minimum absolute atomic E-state index is 0.240. The summed E-state index contributed by atoms with van der Waals surface area (Å²) in [5.41, 5.74) is 4.72. The number of fused-ring (bicyclic) bond motifs is 1. The van der Waals surface area contributed by atoms with Crippen molar-refractivity contribution >= 4 is 17.6 Å². The maximum absolute atomic E-state index is 11.9. The van der Waals surface area contributed by atoms with E-state index >= 15 is 0 Å². The molecule has 5 rings (SSSR count). The number of benzene rings is 3. The number of methoxy groups -OCH3 is 1. The number of rotatable bonds is 11. The molecule has 0 saturated carbocycles. The molecule has 1 aliphatic rings. The molecule has 0 spiro atoms. The van der Waals surface area contributed by atoms with Gasteiger partial charge in [-0.1, -0.05) is 73.5 Å². The van der Waals surface area contributed by atoms with Crippen molar-refractivity contribution in [3.05, 3.63) is 100 Å². The van der Waals surface area contributed by atoms with Gasteiger partial charge in [0.05, 0.1) is 18.4 Å². The van der Waals surface area contributed by atoms with Crippen molar-refractivity contribution in [2.75, 3.05) is 13.9 Å². The normalized spacial score (nSPS) is 12.2. The Morgan fingerprint density at radius 2 is 1.69 bits per heavy atom. The zero-order chi connectivity index (χ0) is 27.2. The number of aromatic nitrogens is 2. The van der Waals surface area contributed by atoms with E-state index in [4.69, 9.17) is 30.8 Å². The highest BCUT2D eigenvalue weighted by Gasteiger charge is 2.21. The third kappa shape index (κ3) is 6.27. The molecule has 0 atom stereocenters. The number of nitrogens with zero attached hydrogens (tertiary/aromatic N) is 3. The third-order valence-electron chi connectivity index (χ3n) is 6.79. The van der Waals surface area contributed by atoms with Gasteiger partial charge in [-0.15, -0.1) is 0 Å². The summed E-state index contributed by atoms with van der Waals surface area (Å²) < 4.78 is 18.2. The van der Waals surface area contributed by atoms with E-state index in [9.17, 15) is 4.79 Å². The lowest BCUT2D eigenvalue weighted by atomic mass is 10.1. The average Bonchev–Trinajstić information content (AvgIpc) is 3.56. The van der Waals surface area contributed by atoms with Crippen molar-refractivity contribution in [1.29, 1.82) is 0 Å². The highest BCUT2D eigenvalue weighted by Crippen LogP contribution is 2.34. The van der Waals surface area contributed by atoms with Gasteiger partial charge in [-0.25, -0.2) is 9.78 Å². The summed E-state index contributed by atoms with van der Waals surface area (Å²) in [7, 11) is 1.39. The molecule has 39 heavy (non-hydrogen) atoms. The molecule has 8 heteroatoms. The van der Waals surface area contributed by atoms with Crippen LogP contribution in [-0.4, -0.2) is 34.3 Å². The molecule has 0 unspecified atom stereocenters. The number of unbranched alkanes of at least 4 members (excludes halogenated alkanes) is 1. The van der Waals surface area contributed by atoms with Crippen LogP contribution in [0.2, 0.25) is 5.15 Å². The molecule has 1 aromatic heterocycles. The zero-order valence-corrected chi connectivity index (χ0v) is 23.0. The molecule has 0 saturated heterocycles. The van der Waals surface area contributed by atoms with Gasteiger partial charge in [-0.2, -0.15) is 0 Å². The molecular weight excluding hydrogens is 514 g/mol. The Bertz CT molecular complexity index is 1420. The highest BCUT2D eigenvalue weighted by atomic mass is 35.5. The lowest BCUT2D eigenvalue weighted by molar-refractivity contribution is 0.0600. The smallest absolute Gasteiger partial charge is 0.337 e. The van der Waals surface area contributed by atoms with Gasteiger partial charge in [0, 0.05) is 31.7 Å². The van der Waals surface area contributed by atoms with E-state index in [1.54, 1.807) is 12.1 Å². The van der Waals surface area contributed by atoms with Crippen molar-refractivity contribution in [1.82, 2.24) is 14.5 Å². The van der Waals surface area contributed by atoms with E-state index in [0.29, 0.717) is 30.4 Å². The van der Waals surface area contributed by atoms with Gasteiger partial charge in [-0.05, 0) is 41.8 Å². The van der Waals surface area contributed by atoms with Crippen LogP contribution in [0.4, 0.5) is 0 Å². The summed E-state index contributed by atoms with van der Waals surface area (Å²) in [5, 5.41) is 0.515. The van der Waals surface area contributed by atoms with Crippen molar-refractivity contribution in [2.45, 2.75) is 45.9 Å². The molecule has 0 radical (unpaired) electrons. The van der Waals surface area contributed by atoms with Gasteiger partial charge in [0.15, 0.2) is 16.7 Å². The summed E-state index contributed by atoms with van der Waals surface area (Å²) in [4.78, 5) is 19.1. The first-order valence-corrected chi connectivity index (χ1v) is 13.5. The Balaban J connectivity index is 1.47. The largest absolute Gasteiger partial charge is 0.465 e. The fraction of sp³-hybridized carbons (Fsp3) is 0.290. The predicted molar refractivity (Wildman–Crippen MR) is 151 cm³/mol. The van der Waals surface area contributed by atoms with Crippen LogP contribution < -0.4 is 9.47 Å². The molecule has 3 aromatic carbocycles. The SMILES string of the molecule is CCCCn1c(-c2ccccc2)nc(Cl)c1CN(Cc1ccc(C(=O)OC)cc1)Cc1ccc2c(c1)OCO2. The molecule has 1 aliphatic heterocycles. The van der Waals surface area contributed by atoms with Gasteiger partial charge < -0.3 is 18.8 Å². The van der Waals surface area contributed by atoms with Crippen LogP contribution in [0.3, 0.4) is 0 Å². The molecule has 2 heterocycles. The molecule has 0 aliphatic carbocycles. The van der Waals surface area contributed by atoms with Crippen molar-refractivity contribution in [3.63, 3.8) is 0 Å². The topological polar surface area (TPSA) is 65.8 Å². The lowest BCUT2D eigenvalue weighted by Gasteiger charge is -2.24. The monoisotopic (exact) mass is 545 g/mol. The van der Waals surface area contributed by atoms with Crippen LogP contribution in [0.5, 0.6) is 11.5 Å². The van der Waals surface area contributed by atoms with Crippen LogP contribution in [0.25, 0.3) is 11.4 Å². The fourth-order valence-electron chi connectivity index (χ4n) is 4.77. The van der Waals surface area contributed by atoms with E-state index in [1.165, 1.54) is 7.11 Å². The van der Waals surface area contributed by atoms with Crippen LogP contribution in [-0.2, 0) is 30.9 Å². The first-order chi connectivity index (χ1) is 19.1. The first-order valence-electron chi connectivity index (χ1n) is 13.1. The number of imidazole rings is 1. The molecule has 4 aromatic rings. The number of hydrogen-bond donors (Lipinski definition) is 0. The minimum atomic E-state index is -0.348. The molecule has 0 fully saturated rings. The molecule has 7 nitrogen and oxygen atoms in total. The van der Waals surface area contributed by atoms with Gasteiger partial charge in [-0.3, -0.25) is 4.90 Å². The maximum atomic E-state index is 11.9. The van der Waals surface area contributed by atoms with Crippen LogP contribution in [0, 0.1) is 0 Å². The Kier molecular flexibility index (Phi) is 8.49. The van der Waals surface area contributed by atoms with Gasteiger partial charge >= 0.3 is 5.97 Å². The Morgan fingerprint density at radius 3 is 2.44 bits per heavy atom. The van der Waals surface area contributed by atoms with Gasteiger partial charge in [0.1, 0.15) is 5.82 Å². The number of esters is 1. The lowest BCUT2D eigenvalue weighted by Crippen LogP contribution is -2.24. The van der Waals surface area contributed by atoms with Crippen molar-refractivity contribution in [2.24, 2.45) is 0 Å². The summed E-state index contributed by atoms with van der Waals surface area (Å²) in [6, 6.07) is 23.7. The molecule has 202 valence electrons. The van der Waals surface area contributed by atoms with Gasteiger partial charge in [0.25, 0.3) is 0 Å². The Labute approximate surface area is 233 Å². The summed E-state index contributed by atoms with van der Waals surface area (Å²) in [5.74, 6) is 2.05. The second kappa shape index (κ2) is 12.4. The van der Waals surface area contributed by atoms with E-state index in [2.05, 4.69) is 34.6 Å². The third-order valence-corrected chi connectivity index (χ3v) is 7.09. The molecule has 0 amide bonds. The van der Waals surface area contributed by atoms with E-state index in [0.717, 1.165) is 59.1 Å². The van der Waals surface area contributed by atoms with E-state index in [1.807, 2.05) is 42.5 Å². The second-order valence-corrected chi connectivity index (χ2v) is 9.92. The van der Waals surface area contributed by atoms with Crippen LogP contribution in [0.1, 0.15) is 46.9 Å². The van der Waals surface area contributed by atoms with Crippen molar-refractivity contribution in [3.8, 4) is 22.9 Å². The number of halogens is 1. The van der Waals surface area contributed by atoms with Crippen LogP contribution >= 0.6 is 11.6 Å². The Hall–Kier alpha value is -3.81. The second-order valence-electron chi connectivity index (χ2n) is 9.57. The quantitative estimate of drug-likeness (QED) is 0.195. The highest BCUT2D eigenvalue weighted by molar-refractivity contribution is 6.30. The standard InChI is InChI=1S/C31H32ClN3O4/c1-3-4-16-35-26(29(32)33-30(35)24-8-6-5-7-9-24)20-34(18-22-10-13-25(14-11-22)31(36)37-2)19-23-12-15-27-28(17-23)39-21-38-27/h5-15,17H,3-4,16,18-21H2,1-2H3. The molecule has 0 bridgehead atoms. The first kappa shape index (κ1) is 26.8. The Morgan fingerprint density at radius 1 is 0.974 bits per heavy atom. The predicted octanol–water partition coefficient (Wildman–Crippen LogP) is 6.72. The maximum Gasteiger partial charge on any atom is 0.337 e. The summed E-state index contributed by atoms with van der Waals surface area (Å²) in [6.45, 7) is 5.15. The van der Waals surface area contributed by atoms with E-state index < -0.39 is 0 Å². The molecule has 0 N–H and O–H groups in total. The zero-order valence-electron chi connectivity index (χ0n) is 22.2. The minimum Gasteiger partial charge on any atom is -0.465 e. The number of hydrogen-bond acceptors (Lipinski definition) is 6. The van der Waals surface area contributed by atoms with Gasteiger partial charge in [0.2, 0.25) is 6.79 Å². The number of ether oxygens (including phenoxy) is 3. The van der Waals surface area contributed by atoms with Crippen molar-refractivity contribution < 1.29 is 19.0 Å². The van der Waals surface area contributed by atoms with Crippen LogP contribution in [0.15, 0.2) is 72.8 Å². The summed E-state index contributed by atoms with van der Waals surface area (Å²) in [6.07, 6.45) is 2.09. The van der Waals surface area contributed by atoms with E-state index in [-0.39, 0.29) is 12.8 Å². The number of carbonyl (C=O) groups is 1. The molecular formula is C31H32ClN3O4. The number of carbonyl (C=O) groups excluding carboxylic acids is 1. The average molecular weight is 546 g/mol. The fourth-order valence-corrected chi connectivity index (χ4v) is 5.01.